The van der Waals surface area contributed by atoms with Gasteiger partial charge < -0.3 is 15.4 Å². The summed E-state index contributed by atoms with van der Waals surface area (Å²) in [5.41, 5.74) is 2.71. The molecule has 0 spiro atoms. The Morgan fingerprint density at radius 1 is 1.10 bits per heavy atom. The van der Waals surface area contributed by atoms with Crippen molar-refractivity contribution in [1.29, 1.82) is 0 Å². The van der Waals surface area contributed by atoms with E-state index in [-0.39, 0.29) is 5.91 Å². The smallest absolute Gasteiger partial charge is 0.337 e. The third-order valence-corrected chi connectivity index (χ3v) is 4.37. The van der Waals surface area contributed by atoms with Crippen LogP contribution in [0.5, 0.6) is 0 Å². The molecule has 150 valence electrons. The number of carbonyl (C=O) groups is 2. The van der Waals surface area contributed by atoms with Crippen LogP contribution in [0, 0.1) is 0 Å². The third-order valence-electron chi connectivity index (χ3n) is 4.37. The summed E-state index contributed by atoms with van der Waals surface area (Å²) in [5, 5.41) is 10.2. The molecule has 0 fully saturated rings. The fraction of sp³-hybridized carbons (Fsp3) is 0.0952. The number of nitrogens with one attached hydrogen (secondary N) is 2. The van der Waals surface area contributed by atoms with Crippen molar-refractivity contribution in [3.05, 3.63) is 83.9 Å². The molecule has 0 atom stereocenters. The van der Waals surface area contributed by atoms with Gasteiger partial charge in [-0.3, -0.25) is 9.78 Å². The Morgan fingerprint density at radius 2 is 1.93 bits per heavy atom. The fourth-order valence-electron chi connectivity index (χ4n) is 2.83. The quantitative estimate of drug-likeness (QED) is 0.477. The Kier molecular flexibility index (Phi) is 5.33. The largest absolute Gasteiger partial charge is 0.465 e. The highest BCUT2D eigenvalue weighted by molar-refractivity contribution is 6.08. The molecule has 9 nitrogen and oxygen atoms in total. The van der Waals surface area contributed by atoms with E-state index < -0.39 is 5.97 Å². The Balaban J connectivity index is 1.50. The van der Waals surface area contributed by atoms with Gasteiger partial charge in [-0.05, 0) is 42.0 Å². The SMILES string of the molecule is COC(=O)c1ccc(NC(=O)c2cnn3ccc(NCc4cccnc4)nc23)cc1. The highest BCUT2D eigenvalue weighted by Crippen LogP contribution is 2.16. The second-order valence-corrected chi connectivity index (χ2v) is 6.38. The number of rotatable bonds is 6. The first kappa shape index (κ1) is 19.1. The van der Waals surface area contributed by atoms with Crippen molar-refractivity contribution < 1.29 is 14.3 Å². The van der Waals surface area contributed by atoms with Gasteiger partial charge in [0.2, 0.25) is 0 Å². The average molecular weight is 402 g/mol. The second kappa shape index (κ2) is 8.39. The van der Waals surface area contributed by atoms with Crippen molar-refractivity contribution in [2.45, 2.75) is 6.54 Å². The molecule has 30 heavy (non-hydrogen) atoms. The summed E-state index contributed by atoms with van der Waals surface area (Å²) in [7, 11) is 1.32. The summed E-state index contributed by atoms with van der Waals surface area (Å²) in [6.45, 7) is 0.555. The number of carbonyl (C=O) groups excluding carboxylic acids is 2. The minimum atomic E-state index is -0.439. The van der Waals surface area contributed by atoms with Crippen LogP contribution in [0.2, 0.25) is 0 Å². The van der Waals surface area contributed by atoms with E-state index in [4.69, 9.17) is 0 Å². The van der Waals surface area contributed by atoms with Crippen LogP contribution in [0.15, 0.2) is 67.3 Å². The summed E-state index contributed by atoms with van der Waals surface area (Å²) in [6, 6.07) is 12.0. The number of anilines is 2. The summed E-state index contributed by atoms with van der Waals surface area (Å²) >= 11 is 0. The first-order valence-electron chi connectivity index (χ1n) is 9.11. The number of amides is 1. The van der Waals surface area contributed by atoms with Crippen LogP contribution in [0.25, 0.3) is 5.65 Å². The highest BCUT2D eigenvalue weighted by atomic mass is 16.5. The molecule has 0 bridgehead atoms. The van der Waals surface area contributed by atoms with Gasteiger partial charge in [0.25, 0.3) is 5.91 Å². The number of benzene rings is 1. The number of hydrogen-bond acceptors (Lipinski definition) is 7. The second-order valence-electron chi connectivity index (χ2n) is 6.38. The van der Waals surface area contributed by atoms with Gasteiger partial charge in [0.1, 0.15) is 11.4 Å². The zero-order valence-electron chi connectivity index (χ0n) is 16.1. The normalized spacial score (nSPS) is 10.6. The lowest BCUT2D eigenvalue weighted by molar-refractivity contribution is 0.0600. The molecule has 4 aromatic rings. The topological polar surface area (TPSA) is 111 Å². The van der Waals surface area contributed by atoms with Crippen LogP contribution in [0.4, 0.5) is 11.5 Å². The van der Waals surface area contributed by atoms with Crippen molar-refractivity contribution in [3.63, 3.8) is 0 Å². The van der Waals surface area contributed by atoms with Crippen molar-refractivity contribution in [2.24, 2.45) is 0 Å². The summed E-state index contributed by atoms with van der Waals surface area (Å²) < 4.78 is 6.20. The van der Waals surface area contributed by atoms with Crippen LogP contribution in [-0.4, -0.2) is 38.6 Å². The number of methoxy groups -OCH3 is 1. The van der Waals surface area contributed by atoms with Gasteiger partial charge in [0, 0.05) is 30.8 Å². The number of esters is 1. The minimum absolute atomic E-state index is 0.331. The lowest BCUT2D eigenvalue weighted by Crippen LogP contribution is -2.12. The molecule has 0 unspecified atom stereocenters. The molecule has 3 heterocycles. The molecular weight excluding hydrogens is 384 g/mol. The highest BCUT2D eigenvalue weighted by Gasteiger charge is 2.15. The molecule has 1 amide bonds. The van der Waals surface area contributed by atoms with Gasteiger partial charge in [0.15, 0.2) is 5.65 Å². The van der Waals surface area contributed by atoms with Crippen molar-refractivity contribution in [3.8, 4) is 0 Å². The van der Waals surface area contributed by atoms with Gasteiger partial charge in [-0.1, -0.05) is 6.07 Å². The van der Waals surface area contributed by atoms with E-state index in [0.29, 0.717) is 34.8 Å². The molecule has 1 aromatic carbocycles. The first-order valence-corrected chi connectivity index (χ1v) is 9.11. The van der Waals surface area contributed by atoms with Crippen LogP contribution in [-0.2, 0) is 11.3 Å². The summed E-state index contributed by atoms with van der Waals surface area (Å²) in [4.78, 5) is 32.8. The molecule has 0 radical (unpaired) electrons. The number of fused-ring (bicyclic) bond motifs is 1. The molecule has 0 aliphatic heterocycles. The predicted octanol–water partition coefficient (Wildman–Crippen LogP) is 2.78. The third kappa shape index (κ3) is 4.09. The number of nitrogens with zero attached hydrogens (tertiary/aromatic N) is 4. The van der Waals surface area contributed by atoms with E-state index in [9.17, 15) is 9.59 Å². The zero-order valence-corrected chi connectivity index (χ0v) is 16.1. The Labute approximate surface area is 171 Å². The molecule has 2 N–H and O–H groups in total. The van der Waals surface area contributed by atoms with E-state index in [1.165, 1.54) is 17.8 Å². The van der Waals surface area contributed by atoms with E-state index in [2.05, 4.69) is 30.4 Å². The average Bonchev–Trinajstić information content (AvgIpc) is 3.22. The lowest BCUT2D eigenvalue weighted by atomic mass is 10.2. The maximum Gasteiger partial charge on any atom is 0.337 e. The fourth-order valence-corrected chi connectivity index (χ4v) is 2.83. The Hall–Kier alpha value is -4.27. The van der Waals surface area contributed by atoms with Crippen LogP contribution in [0.1, 0.15) is 26.3 Å². The van der Waals surface area contributed by atoms with Crippen molar-refractivity contribution >= 4 is 29.0 Å². The molecule has 0 aliphatic carbocycles. The van der Waals surface area contributed by atoms with Crippen LogP contribution in [0.3, 0.4) is 0 Å². The maximum atomic E-state index is 12.7. The molecule has 0 saturated carbocycles. The number of pyridine rings is 1. The van der Waals surface area contributed by atoms with Crippen molar-refractivity contribution in [2.75, 3.05) is 17.7 Å². The number of hydrogen-bond donors (Lipinski definition) is 2. The molecule has 4 rings (SSSR count). The Bertz CT molecular complexity index is 1190. The summed E-state index contributed by atoms with van der Waals surface area (Å²) in [5.74, 6) is -0.179. The molecule has 0 aliphatic rings. The van der Waals surface area contributed by atoms with Crippen LogP contribution >= 0.6 is 0 Å². The van der Waals surface area contributed by atoms with Crippen molar-refractivity contribution in [1.82, 2.24) is 19.6 Å². The minimum Gasteiger partial charge on any atom is -0.465 e. The maximum absolute atomic E-state index is 12.7. The van der Waals surface area contributed by atoms with Gasteiger partial charge >= 0.3 is 5.97 Å². The van der Waals surface area contributed by atoms with E-state index in [1.54, 1.807) is 48.9 Å². The standard InChI is InChI=1S/C21H18N6O3/c1-30-21(29)15-4-6-16(7-5-15)25-20(28)17-13-24-27-10-8-18(26-19(17)27)23-12-14-3-2-9-22-11-14/h2-11,13H,12H2,1H3,(H,23,26)(H,25,28). The molecule has 0 saturated heterocycles. The zero-order chi connectivity index (χ0) is 20.9. The number of aromatic nitrogens is 4. The van der Waals surface area contributed by atoms with Gasteiger partial charge in [0.05, 0.1) is 18.9 Å². The monoisotopic (exact) mass is 402 g/mol. The van der Waals surface area contributed by atoms with Crippen LogP contribution < -0.4 is 10.6 Å². The summed E-state index contributed by atoms with van der Waals surface area (Å²) in [6.07, 6.45) is 6.68. The van der Waals surface area contributed by atoms with Gasteiger partial charge in [-0.25, -0.2) is 14.3 Å². The number of ether oxygens (including phenoxy) is 1. The van der Waals surface area contributed by atoms with E-state index in [1.807, 2.05) is 12.1 Å². The molecule has 9 heteroatoms. The Morgan fingerprint density at radius 3 is 2.67 bits per heavy atom. The molecular formula is C21H18N6O3. The van der Waals surface area contributed by atoms with E-state index in [0.717, 1.165) is 5.56 Å². The molecule has 3 aromatic heterocycles. The lowest BCUT2D eigenvalue weighted by Gasteiger charge is -2.07. The van der Waals surface area contributed by atoms with Gasteiger partial charge in [-0.2, -0.15) is 5.10 Å². The predicted molar refractivity (Wildman–Crippen MR) is 110 cm³/mol. The van der Waals surface area contributed by atoms with Gasteiger partial charge in [-0.15, -0.1) is 0 Å². The van der Waals surface area contributed by atoms with E-state index >= 15 is 0 Å². The first-order chi connectivity index (χ1) is 14.6.